The first-order valence-corrected chi connectivity index (χ1v) is 20.2. The molecule has 0 aliphatic carbocycles. The van der Waals surface area contributed by atoms with Gasteiger partial charge in [-0.1, -0.05) is 176 Å². The van der Waals surface area contributed by atoms with E-state index in [4.69, 9.17) is 4.42 Å². The van der Waals surface area contributed by atoms with Crippen molar-refractivity contribution in [3.8, 4) is 44.5 Å². The van der Waals surface area contributed by atoms with Crippen LogP contribution in [0.25, 0.3) is 86.6 Å². The van der Waals surface area contributed by atoms with Crippen molar-refractivity contribution in [1.29, 1.82) is 0 Å². The Morgan fingerprint density at radius 1 is 0.351 bits per heavy atom. The van der Waals surface area contributed by atoms with E-state index in [9.17, 15) is 0 Å². The van der Waals surface area contributed by atoms with E-state index >= 15 is 0 Å². The molecule has 9 aromatic carbocycles. The van der Waals surface area contributed by atoms with Gasteiger partial charge in [-0.2, -0.15) is 0 Å². The molecule has 0 saturated carbocycles. The maximum Gasteiger partial charge on any atom is 0.145 e. The summed E-state index contributed by atoms with van der Waals surface area (Å²) in [4.78, 5) is 2.53. The molecule has 0 N–H and O–H groups in total. The molecule has 2 aromatic heterocycles. The van der Waals surface area contributed by atoms with Gasteiger partial charge in [-0.3, -0.25) is 0 Å². The number of nitrogens with zero attached hydrogens (tertiary/aromatic N) is 1. The predicted octanol–water partition coefficient (Wildman–Crippen LogP) is 16.1. The molecule has 0 radical (unpaired) electrons. The highest BCUT2D eigenvalue weighted by Gasteiger charge is 2.28. The summed E-state index contributed by atoms with van der Waals surface area (Å²) < 4.78 is 9.41. The van der Waals surface area contributed by atoms with Crippen molar-refractivity contribution in [2.24, 2.45) is 0 Å². The third kappa shape index (κ3) is 5.63. The minimum absolute atomic E-state index is 0.865. The fourth-order valence-electron chi connectivity index (χ4n) is 8.50. The van der Waals surface area contributed by atoms with Gasteiger partial charge in [0.05, 0.1) is 22.4 Å². The lowest BCUT2D eigenvalue weighted by Gasteiger charge is -2.32. The fourth-order valence-corrected chi connectivity index (χ4v) is 9.67. The van der Waals surface area contributed by atoms with Crippen LogP contribution in [0.3, 0.4) is 0 Å². The number of fused-ring (bicyclic) bond motifs is 6. The SMILES string of the molecule is c1ccc(-c2ccc3c(c2)sc2cccc(N(c4c(-c5ccccc5)cccc4-c4ccccc4)c4ccc(-c5ccccc5)c5oc6ccccc6c45)c23)cc1. The summed E-state index contributed by atoms with van der Waals surface area (Å²) >= 11 is 1.86. The number of rotatable bonds is 7. The topological polar surface area (TPSA) is 16.4 Å². The highest BCUT2D eigenvalue weighted by molar-refractivity contribution is 7.26. The lowest BCUT2D eigenvalue weighted by atomic mass is 9.93. The first-order chi connectivity index (χ1) is 28.3. The summed E-state index contributed by atoms with van der Waals surface area (Å²) in [6.07, 6.45) is 0. The Kier molecular flexibility index (Phi) is 8.04. The summed E-state index contributed by atoms with van der Waals surface area (Å²) in [6, 6.07) is 76.3. The molecule has 11 aromatic rings. The second kappa shape index (κ2) is 13.8. The molecular formula is C54H35NOS. The van der Waals surface area contributed by atoms with Gasteiger partial charge >= 0.3 is 0 Å². The summed E-state index contributed by atoms with van der Waals surface area (Å²) in [5, 5.41) is 4.63. The van der Waals surface area contributed by atoms with E-state index in [1.54, 1.807) is 0 Å². The largest absolute Gasteiger partial charge is 0.455 e. The maximum atomic E-state index is 6.90. The monoisotopic (exact) mass is 745 g/mol. The molecule has 0 bridgehead atoms. The van der Waals surface area contributed by atoms with Crippen LogP contribution in [0.1, 0.15) is 0 Å². The van der Waals surface area contributed by atoms with Gasteiger partial charge in [0.25, 0.3) is 0 Å². The molecule has 0 atom stereocenters. The van der Waals surface area contributed by atoms with Crippen LogP contribution in [0.4, 0.5) is 17.1 Å². The van der Waals surface area contributed by atoms with E-state index in [2.05, 4.69) is 217 Å². The third-order valence-corrected chi connectivity index (χ3v) is 12.2. The van der Waals surface area contributed by atoms with Crippen LogP contribution in [0.5, 0.6) is 0 Å². The van der Waals surface area contributed by atoms with Gasteiger partial charge in [0.2, 0.25) is 0 Å². The van der Waals surface area contributed by atoms with Gasteiger partial charge in [-0.15, -0.1) is 11.3 Å². The average molecular weight is 746 g/mol. The highest BCUT2D eigenvalue weighted by Crippen LogP contribution is 2.53. The molecule has 0 unspecified atom stereocenters. The minimum Gasteiger partial charge on any atom is -0.455 e. The predicted molar refractivity (Wildman–Crippen MR) is 243 cm³/mol. The fraction of sp³-hybridized carbons (Fsp3) is 0. The van der Waals surface area contributed by atoms with Crippen LogP contribution in [0.15, 0.2) is 217 Å². The molecule has 0 aliphatic heterocycles. The summed E-state index contributed by atoms with van der Waals surface area (Å²) in [7, 11) is 0. The van der Waals surface area contributed by atoms with Crippen molar-refractivity contribution in [2.75, 3.05) is 4.90 Å². The van der Waals surface area contributed by atoms with Crippen LogP contribution in [0.2, 0.25) is 0 Å². The van der Waals surface area contributed by atoms with E-state index in [0.717, 1.165) is 72.4 Å². The Morgan fingerprint density at radius 2 is 0.912 bits per heavy atom. The van der Waals surface area contributed by atoms with E-state index in [1.165, 1.54) is 31.3 Å². The summed E-state index contributed by atoms with van der Waals surface area (Å²) in [5.74, 6) is 0. The normalized spacial score (nSPS) is 11.5. The standard InChI is InChI=1S/C54H35NOS/c1-5-17-36(18-6-1)40-31-32-45-50(35-40)57-49-30-16-28-46(51(45)49)55(53-41(37-19-7-2-8-20-37)26-15-27-42(53)38-21-9-3-10-22-38)47-34-33-43(39-23-11-4-12-24-39)54-52(47)44-25-13-14-29-48(44)56-54/h1-35H. The van der Waals surface area contributed by atoms with Crippen LogP contribution >= 0.6 is 11.3 Å². The van der Waals surface area contributed by atoms with Crippen molar-refractivity contribution in [3.05, 3.63) is 212 Å². The van der Waals surface area contributed by atoms with Crippen LogP contribution in [0, 0.1) is 0 Å². The van der Waals surface area contributed by atoms with Crippen LogP contribution < -0.4 is 4.90 Å². The molecule has 0 saturated heterocycles. The Hall–Kier alpha value is -7.20. The molecule has 57 heavy (non-hydrogen) atoms. The summed E-state index contributed by atoms with van der Waals surface area (Å²) in [6.45, 7) is 0. The zero-order valence-corrected chi connectivity index (χ0v) is 31.8. The zero-order valence-electron chi connectivity index (χ0n) is 31.0. The second-order valence-electron chi connectivity index (χ2n) is 14.4. The Morgan fingerprint density at radius 3 is 1.58 bits per heavy atom. The molecular weight excluding hydrogens is 711 g/mol. The van der Waals surface area contributed by atoms with Gasteiger partial charge in [-0.25, -0.2) is 0 Å². The minimum atomic E-state index is 0.865. The third-order valence-electron chi connectivity index (χ3n) is 11.1. The Labute approximate surface area is 335 Å². The van der Waals surface area contributed by atoms with Gasteiger partial charge < -0.3 is 9.32 Å². The van der Waals surface area contributed by atoms with Crippen LogP contribution in [-0.2, 0) is 0 Å². The number of benzene rings is 9. The van der Waals surface area contributed by atoms with Crippen molar-refractivity contribution in [3.63, 3.8) is 0 Å². The first-order valence-electron chi connectivity index (χ1n) is 19.3. The average Bonchev–Trinajstić information content (AvgIpc) is 3.87. The van der Waals surface area contributed by atoms with Crippen molar-refractivity contribution in [2.45, 2.75) is 0 Å². The lowest BCUT2D eigenvalue weighted by molar-refractivity contribution is 0.670. The number of hydrogen-bond donors (Lipinski definition) is 0. The molecule has 268 valence electrons. The Balaban J connectivity index is 1.29. The quantitative estimate of drug-likeness (QED) is 0.162. The first kappa shape index (κ1) is 33.2. The molecule has 11 rings (SSSR count). The van der Waals surface area contributed by atoms with Gasteiger partial charge in [0.15, 0.2) is 0 Å². The molecule has 3 heteroatoms. The van der Waals surface area contributed by atoms with Crippen molar-refractivity contribution < 1.29 is 4.42 Å². The molecule has 0 spiro atoms. The van der Waals surface area contributed by atoms with Crippen molar-refractivity contribution in [1.82, 2.24) is 0 Å². The smallest absolute Gasteiger partial charge is 0.145 e. The number of furan rings is 1. The molecule has 0 aliphatic rings. The van der Waals surface area contributed by atoms with Gasteiger partial charge in [0.1, 0.15) is 11.2 Å². The molecule has 0 fully saturated rings. The Bertz CT molecular complexity index is 3160. The van der Waals surface area contributed by atoms with Gasteiger partial charge in [-0.05, 0) is 64.2 Å². The van der Waals surface area contributed by atoms with Crippen LogP contribution in [-0.4, -0.2) is 0 Å². The second-order valence-corrected chi connectivity index (χ2v) is 15.5. The number of thiophene rings is 1. The number of para-hydroxylation sites is 2. The van der Waals surface area contributed by atoms with Crippen molar-refractivity contribution >= 4 is 70.5 Å². The highest BCUT2D eigenvalue weighted by atomic mass is 32.1. The van der Waals surface area contributed by atoms with E-state index < -0.39 is 0 Å². The van der Waals surface area contributed by atoms with E-state index in [-0.39, 0.29) is 0 Å². The molecule has 0 amide bonds. The molecule has 2 nitrogen and oxygen atoms in total. The maximum absolute atomic E-state index is 6.90. The molecule has 2 heterocycles. The lowest BCUT2D eigenvalue weighted by Crippen LogP contribution is -2.13. The summed E-state index contributed by atoms with van der Waals surface area (Å²) in [5.41, 5.74) is 14.2. The number of anilines is 3. The van der Waals surface area contributed by atoms with Gasteiger partial charge in [0, 0.05) is 42.2 Å². The van der Waals surface area contributed by atoms with E-state index in [1.807, 2.05) is 11.3 Å². The number of hydrogen-bond acceptors (Lipinski definition) is 3. The van der Waals surface area contributed by atoms with E-state index in [0.29, 0.717) is 0 Å². The zero-order chi connectivity index (χ0) is 37.7.